The number of hydrogen-bond donors (Lipinski definition) is 3. The minimum Gasteiger partial charge on any atom is -0.452 e. The Bertz CT molecular complexity index is 3150. The van der Waals surface area contributed by atoms with Crippen molar-refractivity contribution in [2.45, 2.75) is 40.0 Å². The van der Waals surface area contributed by atoms with Crippen LogP contribution in [0.4, 0.5) is 5.69 Å². The lowest BCUT2D eigenvalue weighted by molar-refractivity contribution is 0.606. The Labute approximate surface area is 373 Å². The molecule has 6 nitrogen and oxygen atoms in total. The molecular weight excluding hydrogens is 791 g/mol. The van der Waals surface area contributed by atoms with Crippen molar-refractivity contribution < 1.29 is 4.42 Å². The number of rotatable bonds is 4. The van der Waals surface area contributed by atoms with Crippen LogP contribution in [-0.2, 0) is 5.41 Å². The maximum Gasteiger partial charge on any atom is 0.176 e. The number of benzene rings is 7. The lowest BCUT2D eigenvalue weighted by Crippen LogP contribution is -2.15. The predicted molar refractivity (Wildman–Crippen MR) is 271 cm³/mol. The number of thiophene rings is 1. The van der Waals surface area contributed by atoms with Gasteiger partial charge in [-0.3, -0.25) is 10.8 Å². The van der Waals surface area contributed by atoms with E-state index in [2.05, 4.69) is 124 Å². The Hall–Kier alpha value is -7.48. The number of allylic oxidation sites excluding steroid dienone is 1. The minimum atomic E-state index is -0.0956. The fourth-order valence-electron chi connectivity index (χ4n) is 7.85. The molecule has 0 spiro atoms. The van der Waals surface area contributed by atoms with Crippen LogP contribution < -0.4 is 5.73 Å². The summed E-state index contributed by atoms with van der Waals surface area (Å²) in [6.07, 6.45) is 1.75. The van der Waals surface area contributed by atoms with Crippen LogP contribution in [0.3, 0.4) is 0 Å². The standard InChI is InChI=1S/C24H20N2O.C22H17N3S.C7H8.C3H6/c1-24(2)18-9-5-3-7-15(18)16-12-11-14(13-19(16)24)21(25)23-22(26)17-8-4-6-10-20(17)27-23;1-14-11-12-18-17(13-14)20-16(9-6-10-19(20)26-18)22(24-2)25-21(23)15-7-4-3-5-8-15;1-7-5-3-2-4-6-7;1-3-2/h3-13,25H,26H2,1-2H3;3-13,23H,2H2,1H3;2-6H,1H3;3H,1H2,2H3. The normalized spacial score (nSPS) is 12.1. The highest BCUT2D eigenvalue weighted by molar-refractivity contribution is 7.25. The number of nitrogens with two attached hydrogens (primary N) is 1. The molecule has 9 aromatic rings. The van der Waals surface area contributed by atoms with Crippen molar-refractivity contribution in [1.82, 2.24) is 0 Å². The molecule has 0 fully saturated rings. The summed E-state index contributed by atoms with van der Waals surface area (Å²) in [5.41, 5.74) is 17.8. The van der Waals surface area contributed by atoms with E-state index in [1.807, 2.05) is 97.9 Å². The number of nitrogen functional groups attached to an aromatic ring is 1. The second kappa shape index (κ2) is 19.1. The summed E-state index contributed by atoms with van der Waals surface area (Å²) in [7, 11) is 0. The van der Waals surface area contributed by atoms with Gasteiger partial charge in [-0.2, -0.15) is 0 Å². The summed E-state index contributed by atoms with van der Waals surface area (Å²) in [5.74, 6) is 1.09. The van der Waals surface area contributed by atoms with Gasteiger partial charge < -0.3 is 10.2 Å². The number of aryl methyl sites for hydroxylation is 2. The Morgan fingerprint density at radius 2 is 1.32 bits per heavy atom. The van der Waals surface area contributed by atoms with Crippen LogP contribution in [0.25, 0.3) is 42.3 Å². The molecule has 63 heavy (non-hydrogen) atoms. The molecular formula is C56H51N5OS. The summed E-state index contributed by atoms with van der Waals surface area (Å²) in [6.45, 7) is 17.6. The first-order valence-electron chi connectivity index (χ1n) is 20.8. The van der Waals surface area contributed by atoms with E-state index in [-0.39, 0.29) is 11.3 Å². The molecule has 1 aliphatic rings. The summed E-state index contributed by atoms with van der Waals surface area (Å²) in [5, 5.41) is 20.2. The van der Waals surface area contributed by atoms with E-state index in [4.69, 9.17) is 21.0 Å². The zero-order valence-electron chi connectivity index (χ0n) is 36.4. The largest absolute Gasteiger partial charge is 0.452 e. The highest BCUT2D eigenvalue weighted by Gasteiger charge is 2.35. The van der Waals surface area contributed by atoms with Gasteiger partial charge in [0.1, 0.15) is 11.3 Å². The minimum absolute atomic E-state index is 0.0956. The number of aliphatic imine (C=N–C) groups is 2. The van der Waals surface area contributed by atoms with E-state index < -0.39 is 0 Å². The Balaban J connectivity index is 0.000000156. The molecule has 312 valence electrons. The molecule has 0 bridgehead atoms. The van der Waals surface area contributed by atoms with Crippen molar-refractivity contribution in [2.75, 3.05) is 5.73 Å². The fraction of sp³-hybridized carbons (Fsp3) is 0.107. The van der Waals surface area contributed by atoms with E-state index in [0.717, 1.165) is 27.5 Å². The maximum atomic E-state index is 8.72. The van der Waals surface area contributed by atoms with Crippen LogP contribution in [0, 0.1) is 24.7 Å². The van der Waals surface area contributed by atoms with Crippen molar-refractivity contribution in [1.29, 1.82) is 10.8 Å². The highest BCUT2D eigenvalue weighted by atomic mass is 32.1. The van der Waals surface area contributed by atoms with Crippen LogP contribution in [0.5, 0.6) is 0 Å². The third-order valence-electron chi connectivity index (χ3n) is 11.0. The molecule has 0 aliphatic heterocycles. The number of amidine groups is 2. The summed E-state index contributed by atoms with van der Waals surface area (Å²) in [4.78, 5) is 8.62. The van der Waals surface area contributed by atoms with Gasteiger partial charge in [0.25, 0.3) is 0 Å². The van der Waals surface area contributed by atoms with Crippen molar-refractivity contribution >= 4 is 72.3 Å². The van der Waals surface area contributed by atoms with Gasteiger partial charge in [0.2, 0.25) is 0 Å². The number of hydrogen-bond acceptors (Lipinski definition) is 5. The number of nitrogens with one attached hydrogen (secondary N) is 2. The van der Waals surface area contributed by atoms with Gasteiger partial charge in [-0.15, -0.1) is 17.9 Å². The van der Waals surface area contributed by atoms with Gasteiger partial charge in [-0.1, -0.05) is 158 Å². The quantitative estimate of drug-likeness (QED) is 0.0931. The zero-order valence-corrected chi connectivity index (χ0v) is 37.2. The third-order valence-corrected chi connectivity index (χ3v) is 12.1. The van der Waals surface area contributed by atoms with Gasteiger partial charge in [0.05, 0.1) is 5.69 Å². The molecule has 7 aromatic carbocycles. The Morgan fingerprint density at radius 1 is 0.667 bits per heavy atom. The molecule has 1 aliphatic carbocycles. The number of furan rings is 1. The molecule has 0 atom stereocenters. The number of fused-ring (bicyclic) bond motifs is 7. The monoisotopic (exact) mass is 841 g/mol. The second-order valence-corrected chi connectivity index (χ2v) is 16.9. The summed E-state index contributed by atoms with van der Waals surface area (Å²) < 4.78 is 8.32. The number of anilines is 1. The topological polar surface area (TPSA) is 112 Å². The average molecular weight is 842 g/mol. The lowest BCUT2D eigenvalue weighted by atomic mass is 9.81. The van der Waals surface area contributed by atoms with Gasteiger partial charge in [0.15, 0.2) is 17.4 Å². The van der Waals surface area contributed by atoms with Crippen LogP contribution in [0.1, 0.15) is 65.5 Å². The van der Waals surface area contributed by atoms with Crippen LogP contribution >= 0.6 is 11.3 Å². The first-order chi connectivity index (χ1) is 30.5. The zero-order chi connectivity index (χ0) is 44.7. The first kappa shape index (κ1) is 43.6. The summed E-state index contributed by atoms with van der Waals surface area (Å²) >= 11 is 1.76. The first-order valence-corrected chi connectivity index (χ1v) is 21.6. The average Bonchev–Trinajstić information content (AvgIpc) is 3.93. The molecule has 0 amide bonds. The van der Waals surface area contributed by atoms with Gasteiger partial charge in [-0.05, 0) is 86.1 Å². The van der Waals surface area contributed by atoms with Crippen LogP contribution in [0.2, 0.25) is 0 Å². The Morgan fingerprint density at radius 3 is 2.00 bits per heavy atom. The van der Waals surface area contributed by atoms with E-state index in [0.29, 0.717) is 28.6 Å². The second-order valence-electron chi connectivity index (χ2n) is 15.8. The molecule has 0 unspecified atom stereocenters. The van der Waals surface area contributed by atoms with Crippen molar-refractivity contribution in [3.63, 3.8) is 0 Å². The van der Waals surface area contributed by atoms with E-state index in [1.54, 1.807) is 17.4 Å². The van der Waals surface area contributed by atoms with Gasteiger partial charge >= 0.3 is 0 Å². The fourth-order valence-corrected chi connectivity index (χ4v) is 8.96. The molecule has 7 heteroatoms. The number of nitrogens with zero attached hydrogens (tertiary/aromatic N) is 2. The lowest BCUT2D eigenvalue weighted by Gasteiger charge is -2.21. The predicted octanol–water partition coefficient (Wildman–Crippen LogP) is 14.8. The molecule has 4 N–H and O–H groups in total. The molecule has 2 heterocycles. The summed E-state index contributed by atoms with van der Waals surface area (Å²) in [6, 6.07) is 54.7. The molecule has 0 radical (unpaired) electrons. The molecule has 2 aromatic heterocycles. The van der Waals surface area contributed by atoms with E-state index >= 15 is 0 Å². The highest BCUT2D eigenvalue weighted by Crippen LogP contribution is 2.49. The SMILES string of the molecule is C=CC.C=NC(=NC(=N)c1ccccc1)c1cccc2sc3ccc(C)cc3c12.CC1(C)c2ccccc2-c2ccc(C(=N)c3oc4ccccc4c3N)cc21.Cc1ccccc1. The smallest absolute Gasteiger partial charge is 0.176 e. The Kier molecular flexibility index (Phi) is 13.2. The third kappa shape index (κ3) is 9.10. The van der Waals surface area contributed by atoms with E-state index in [1.165, 1.54) is 48.2 Å². The van der Waals surface area contributed by atoms with Gasteiger partial charge in [0, 0.05) is 47.7 Å². The van der Waals surface area contributed by atoms with Crippen LogP contribution in [0.15, 0.2) is 191 Å². The molecule has 10 rings (SSSR count). The molecule has 0 saturated heterocycles. The van der Waals surface area contributed by atoms with Crippen molar-refractivity contribution in [3.05, 3.63) is 221 Å². The van der Waals surface area contributed by atoms with Gasteiger partial charge in [-0.25, -0.2) is 9.98 Å². The molecule has 0 saturated carbocycles. The van der Waals surface area contributed by atoms with Crippen molar-refractivity contribution in [2.24, 2.45) is 9.98 Å². The van der Waals surface area contributed by atoms with Crippen LogP contribution in [-0.4, -0.2) is 24.1 Å². The maximum absolute atomic E-state index is 8.72. The van der Waals surface area contributed by atoms with Crippen molar-refractivity contribution in [3.8, 4) is 11.1 Å². The number of para-hydroxylation sites is 1. The van der Waals surface area contributed by atoms with E-state index in [9.17, 15) is 0 Å².